The summed E-state index contributed by atoms with van der Waals surface area (Å²) in [6.45, 7) is 0.808. The summed E-state index contributed by atoms with van der Waals surface area (Å²) >= 11 is 0. The van der Waals surface area contributed by atoms with Crippen LogP contribution in [0.2, 0.25) is 0 Å². The molecule has 1 aromatic rings. The number of carbonyl (C=O) groups excluding carboxylic acids is 1. The number of aliphatic hydroxyl groups is 1. The Kier molecular flexibility index (Phi) is 6.28. The Morgan fingerprint density at radius 2 is 2.04 bits per heavy atom. The third kappa shape index (κ3) is 5.28. The number of aliphatic hydroxyl groups excluding tert-OH is 1. The highest BCUT2D eigenvalue weighted by molar-refractivity contribution is 5.78. The number of rotatable bonds is 6. The molecule has 1 aliphatic carbocycles. The molecule has 1 amide bonds. The summed E-state index contributed by atoms with van der Waals surface area (Å²) in [7, 11) is 0. The molecule has 2 aliphatic rings. The van der Waals surface area contributed by atoms with Crippen LogP contribution < -0.4 is 10.1 Å². The SMILES string of the molecule is O=C(COc1ccc(CO)cc1)N1CCC(NC2=CC=CC(C(F)(F)F)C2)C1. The van der Waals surface area contributed by atoms with E-state index in [1.54, 1.807) is 35.2 Å². The van der Waals surface area contributed by atoms with E-state index in [2.05, 4.69) is 5.32 Å². The summed E-state index contributed by atoms with van der Waals surface area (Å²) in [5.74, 6) is -1.09. The Labute approximate surface area is 161 Å². The number of amides is 1. The maximum Gasteiger partial charge on any atom is 0.395 e. The molecule has 0 saturated carbocycles. The van der Waals surface area contributed by atoms with Crippen molar-refractivity contribution >= 4 is 5.91 Å². The van der Waals surface area contributed by atoms with Crippen molar-refractivity contribution in [2.24, 2.45) is 5.92 Å². The highest BCUT2D eigenvalue weighted by Crippen LogP contribution is 2.34. The first-order valence-corrected chi connectivity index (χ1v) is 9.16. The van der Waals surface area contributed by atoms with Gasteiger partial charge in [-0.25, -0.2) is 0 Å². The van der Waals surface area contributed by atoms with Gasteiger partial charge in [-0.3, -0.25) is 4.79 Å². The number of hydrogen-bond acceptors (Lipinski definition) is 4. The molecule has 0 radical (unpaired) electrons. The molecule has 1 aliphatic heterocycles. The third-order valence-electron chi connectivity index (χ3n) is 4.90. The monoisotopic (exact) mass is 396 g/mol. The normalized spacial score (nSPS) is 22.1. The number of hydrogen-bond donors (Lipinski definition) is 2. The number of allylic oxidation sites excluding steroid dienone is 4. The van der Waals surface area contributed by atoms with Gasteiger partial charge < -0.3 is 20.1 Å². The fraction of sp³-hybridized carbons (Fsp3) is 0.450. The second-order valence-corrected chi connectivity index (χ2v) is 6.99. The van der Waals surface area contributed by atoms with Crippen LogP contribution in [0.3, 0.4) is 0 Å². The average molecular weight is 396 g/mol. The zero-order valence-electron chi connectivity index (χ0n) is 15.3. The van der Waals surface area contributed by atoms with Crippen molar-refractivity contribution in [3.8, 4) is 5.75 Å². The molecule has 1 aromatic carbocycles. The van der Waals surface area contributed by atoms with Crippen LogP contribution in [0, 0.1) is 5.92 Å². The van der Waals surface area contributed by atoms with Gasteiger partial charge in [-0.1, -0.05) is 24.3 Å². The molecule has 152 valence electrons. The zero-order chi connectivity index (χ0) is 20.1. The first-order chi connectivity index (χ1) is 13.3. The Bertz CT molecular complexity index is 744. The number of carbonyl (C=O) groups is 1. The van der Waals surface area contributed by atoms with E-state index in [9.17, 15) is 18.0 Å². The Balaban J connectivity index is 1.45. The van der Waals surface area contributed by atoms with Gasteiger partial charge in [0.2, 0.25) is 0 Å². The Morgan fingerprint density at radius 3 is 2.71 bits per heavy atom. The summed E-state index contributed by atoms with van der Waals surface area (Å²) in [4.78, 5) is 14.0. The summed E-state index contributed by atoms with van der Waals surface area (Å²) in [6.07, 6.45) is 0.581. The lowest BCUT2D eigenvalue weighted by molar-refractivity contribution is -0.161. The Morgan fingerprint density at radius 1 is 1.29 bits per heavy atom. The molecule has 3 rings (SSSR count). The lowest BCUT2D eigenvalue weighted by Gasteiger charge is -2.24. The van der Waals surface area contributed by atoms with E-state index in [4.69, 9.17) is 9.84 Å². The van der Waals surface area contributed by atoms with Crippen LogP contribution in [0.1, 0.15) is 18.4 Å². The van der Waals surface area contributed by atoms with E-state index in [0.717, 1.165) is 5.56 Å². The van der Waals surface area contributed by atoms with E-state index >= 15 is 0 Å². The highest BCUT2D eigenvalue weighted by Gasteiger charge is 2.39. The quantitative estimate of drug-likeness (QED) is 0.776. The molecule has 1 saturated heterocycles. The molecule has 28 heavy (non-hydrogen) atoms. The summed E-state index contributed by atoms with van der Waals surface area (Å²) < 4.78 is 44.1. The van der Waals surface area contributed by atoms with Gasteiger partial charge in [0.15, 0.2) is 6.61 Å². The minimum atomic E-state index is -4.25. The fourth-order valence-electron chi connectivity index (χ4n) is 3.30. The number of ether oxygens (including phenoxy) is 1. The maximum atomic E-state index is 12.9. The maximum absolute atomic E-state index is 12.9. The second-order valence-electron chi connectivity index (χ2n) is 6.99. The topological polar surface area (TPSA) is 61.8 Å². The van der Waals surface area contributed by atoms with Crippen molar-refractivity contribution < 1.29 is 27.8 Å². The van der Waals surface area contributed by atoms with E-state index in [-0.39, 0.29) is 31.6 Å². The van der Waals surface area contributed by atoms with Gasteiger partial charge in [0.1, 0.15) is 5.75 Å². The molecular formula is C20H23F3N2O3. The van der Waals surface area contributed by atoms with E-state index < -0.39 is 12.1 Å². The minimum Gasteiger partial charge on any atom is -0.484 e. The van der Waals surface area contributed by atoms with Crippen LogP contribution in [-0.2, 0) is 11.4 Å². The van der Waals surface area contributed by atoms with Crippen molar-refractivity contribution in [2.45, 2.75) is 31.7 Å². The first-order valence-electron chi connectivity index (χ1n) is 9.16. The van der Waals surface area contributed by atoms with E-state index in [0.29, 0.717) is 31.0 Å². The Hall–Kier alpha value is -2.48. The van der Waals surface area contributed by atoms with Gasteiger partial charge in [0.05, 0.1) is 12.5 Å². The van der Waals surface area contributed by atoms with Crippen LogP contribution in [0.15, 0.2) is 48.2 Å². The van der Waals surface area contributed by atoms with Crippen molar-refractivity contribution in [3.63, 3.8) is 0 Å². The predicted octanol–water partition coefficient (Wildman–Crippen LogP) is 2.77. The predicted molar refractivity (Wildman–Crippen MR) is 97.4 cm³/mol. The molecule has 2 N–H and O–H groups in total. The lowest BCUT2D eigenvalue weighted by Crippen LogP contribution is -2.38. The van der Waals surface area contributed by atoms with Crippen LogP contribution in [0.25, 0.3) is 0 Å². The molecule has 1 fully saturated rings. The van der Waals surface area contributed by atoms with Gasteiger partial charge in [-0.2, -0.15) is 13.2 Å². The van der Waals surface area contributed by atoms with E-state index in [1.165, 1.54) is 12.2 Å². The number of nitrogens with zero attached hydrogens (tertiary/aromatic N) is 1. The number of alkyl halides is 3. The molecule has 2 unspecified atom stereocenters. The molecule has 0 aromatic heterocycles. The smallest absolute Gasteiger partial charge is 0.395 e. The molecule has 2 atom stereocenters. The van der Waals surface area contributed by atoms with Gasteiger partial charge in [-0.05, 0) is 30.2 Å². The van der Waals surface area contributed by atoms with Crippen LogP contribution >= 0.6 is 0 Å². The van der Waals surface area contributed by atoms with Gasteiger partial charge in [0, 0.05) is 31.2 Å². The van der Waals surface area contributed by atoms with Crippen molar-refractivity contribution in [1.29, 1.82) is 0 Å². The second kappa shape index (κ2) is 8.68. The summed E-state index contributed by atoms with van der Waals surface area (Å²) in [6, 6.07) is 6.74. The van der Waals surface area contributed by atoms with Gasteiger partial charge in [-0.15, -0.1) is 0 Å². The number of halogens is 3. The summed E-state index contributed by atoms with van der Waals surface area (Å²) in [5, 5.41) is 12.2. The number of likely N-dealkylation sites (tertiary alicyclic amines) is 1. The molecule has 0 bridgehead atoms. The van der Waals surface area contributed by atoms with Crippen molar-refractivity contribution in [3.05, 3.63) is 53.8 Å². The van der Waals surface area contributed by atoms with Gasteiger partial charge in [0.25, 0.3) is 5.91 Å². The van der Waals surface area contributed by atoms with Gasteiger partial charge >= 0.3 is 6.18 Å². The van der Waals surface area contributed by atoms with E-state index in [1.807, 2.05) is 0 Å². The summed E-state index contributed by atoms with van der Waals surface area (Å²) in [5.41, 5.74) is 1.30. The molecular weight excluding hydrogens is 373 g/mol. The molecule has 5 nitrogen and oxygen atoms in total. The van der Waals surface area contributed by atoms with Crippen LogP contribution in [-0.4, -0.2) is 47.8 Å². The number of nitrogens with one attached hydrogen (secondary N) is 1. The highest BCUT2D eigenvalue weighted by atomic mass is 19.4. The molecule has 0 spiro atoms. The first kappa shape index (κ1) is 20.3. The average Bonchev–Trinajstić information content (AvgIpc) is 3.14. The fourth-order valence-corrected chi connectivity index (χ4v) is 3.30. The lowest BCUT2D eigenvalue weighted by atomic mass is 9.97. The van der Waals surface area contributed by atoms with Crippen LogP contribution in [0.4, 0.5) is 13.2 Å². The standard InChI is InChI=1S/C20H23F3N2O3/c21-20(22,23)15-2-1-3-16(10-15)24-17-8-9-25(11-17)19(27)13-28-18-6-4-14(12-26)5-7-18/h1-7,15,17,24,26H,8-13H2. The van der Waals surface area contributed by atoms with Crippen molar-refractivity contribution in [1.82, 2.24) is 10.2 Å². The number of benzene rings is 1. The third-order valence-corrected chi connectivity index (χ3v) is 4.90. The van der Waals surface area contributed by atoms with Crippen LogP contribution in [0.5, 0.6) is 5.75 Å². The largest absolute Gasteiger partial charge is 0.484 e. The minimum absolute atomic E-state index is 0.0582. The molecule has 1 heterocycles. The molecule has 8 heteroatoms. The van der Waals surface area contributed by atoms with Crippen molar-refractivity contribution in [2.75, 3.05) is 19.7 Å². The zero-order valence-corrected chi connectivity index (χ0v) is 15.3.